The molecule has 0 N–H and O–H groups in total. The van der Waals surface area contributed by atoms with Crippen LogP contribution in [0.25, 0.3) is 0 Å². The van der Waals surface area contributed by atoms with Crippen LogP contribution in [0.5, 0.6) is 0 Å². The molecule has 4 aromatic carbocycles. The zero-order valence-corrected chi connectivity index (χ0v) is 23.2. The molecule has 0 radical (unpaired) electrons. The zero-order chi connectivity index (χ0) is 29.0. The lowest BCUT2D eigenvalue weighted by molar-refractivity contribution is -0.165. The van der Waals surface area contributed by atoms with Crippen molar-refractivity contribution in [3.05, 3.63) is 143 Å². The van der Waals surface area contributed by atoms with Gasteiger partial charge in [0.2, 0.25) is 0 Å². The van der Waals surface area contributed by atoms with Crippen molar-refractivity contribution < 1.29 is 28.6 Å². The largest absolute Gasteiger partial charge is 0.467 e. The number of methoxy groups -OCH3 is 2. The van der Waals surface area contributed by atoms with Crippen molar-refractivity contribution in [2.45, 2.75) is 31.0 Å². The Labute approximate surface area is 239 Å². The van der Waals surface area contributed by atoms with Crippen LogP contribution in [0.1, 0.15) is 45.3 Å². The molecule has 1 amide bonds. The van der Waals surface area contributed by atoms with Crippen LogP contribution in [0.15, 0.2) is 109 Å². The highest BCUT2D eigenvalue weighted by atomic mass is 16.6. The Morgan fingerprint density at radius 2 is 1.39 bits per heavy atom. The molecule has 0 aliphatic carbocycles. The molecule has 0 saturated heterocycles. The fraction of sp³-hybridized carbons (Fsp3) is 0.206. The van der Waals surface area contributed by atoms with E-state index in [4.69, 9.17) is 14.2 Å². The maximum Gasteiger partial charge on any atom is 0.412 e. The number of hydrogen-bond acceptors (Lipinski definition) is 6. The van der Waals surface area contributed by atoms with Crippen LogP contribution in [0.4, 0.5) is 4.79 Å². The molecule has 1 aliphatic rings. The summed E-state index contributed by atoms with van der Waals surface area (Å²) in [6.45, 7) is 1.90. The van der Waals surface area contributed by atoms with Crippen molar-refractivity contribution in [3.63, 3.8) is 0 Å². The van der Waals surface area contributed by atoms with Crippen LogP contribution < -0.4 is 0 Å². The number of aryl methyl sites for hydroxylation is 1. The number of nitrogens with zero attached hydrogens (tertiary/aromatic N) is 1. The molecule has 0 saturated carbocycles. The monoisotopic (exact) mass is 549 g/mol. The molecule has 3 atom stereocenters. The maximum atomic E-state index is 14.4. The number of esters is 2. The minimum Gasteiger partial charge on any atom is -0.467 e. The average Bonchev–Trinajstić information content (AvgIpc) is 3.02. The van der Waals surface area contributed by atoms with Crippen molar-refractivity contribution in [2.75, 3.05) is 14.2 Å². The van der Waals surface area contributed by atoms with E-state index >= 15 is 0 Å². The lowest BCUT2D eigenvalue weighted by atomic mass is 9.64. The van der Waals surface area contributed by atoms with Crippen LogP contribution in [-0.2, 0) is 35.9 Å². The Bertz CT molecular complexity index is 1550. The second-order valence-corrected chi connectivity index (χ2v) is 9.94. The highest BCUT2D eigenvalue weighted by molar-refractivity contribution is 5.94. The normalized spacial score (nSPS) is 19.5. The first-order chi connectivity index (χ1) is 19.9. The predicted octanol–water partition coefficient (Wildman–Crippen LogP) is 6.06. The van der Waals surface area contributed by atoms with Crippen LogP contribution in [0, 0.1) is 6.92 Å². The van der Waals surface area contributed by atoms with Gasteiger partial charge in [-0.3, -0.25) is 4.90 Å². The third-order valence-corrected chi connectivity index (χ3v) is 7.57. The van der Waals surface area contributed by atoms with Crippen molar-refractivity contribution in [2.24, 2.45) is 0 Å². The summed E-state index contributed by atoms with van der Waals surface area (Å²) in [7, 11) is 2.54. The van der Waals surface area contributed by atoms with Gasteiger partial charge in [0, 0.05) is 5.92 Å². The Kier molecular flexibility index (Phi) is 7.88. The van der Waals surface area contributed by atoms with Crippen LogP contribution in [0.3, 0.4) is 0 Å². The van der Waals surface area contributed by atoms with Crippen molar-refractivity contribution in [1.29, 1.82) is 0 Å². The summed E-state index contributed by atoms with van der Waals surface area (Å²) in [6.07, 6.45) is -0.856. The topological polar surface area (TPSA) is 82.1 Å². The summed E-state index contributed by atoms with van der Waals surface area (Å²) in [4.78, 5) is 43.6. The fourth-order valence-electron chi connectivity index (χ4n) is 5.87. The number of ether oxygens (including phenoxy) is 3. The second kappa shape index (κ2) is 11.7. The molecular weight excluding hydrogens is 518 g/mol. The maximum absolute atomic E-state index is 14.4. The van der Waals surface area contributed by atoms with Gasteiger partial charge >= 0.3 is 18.0 Å². The zero-order valence-electron chi connectivity index (χ0n) is 23.2. The van der Waals surface area contributed by atoms with Crippen molar-refractivity contribution in [3.8, 4) is 0 Å². The van der Waals surface area contributed by atoms with Gasteiger partial charge in [-0.2, -0.15) is 0 Å². The van der Waals surface area contributed by atoms with E-state index in [0.29, 0.717) is 16.7 Å². The average molecular weight is 550 g/mol. The second-order valence-electron chi connectivity index (χ2n) is 9.94. The molecule has 0 fully saturated rings. The number of amides is 1. The quantitative estimate of drug-likeness (QED) is 0.215. The molecule has 0 bridgehead atoms. The number of carbonyl (C=O) groups is 3. The Morgan fingerprint density at radius 3 is 2.02 bits per heavy atom. The molecule has 5 rings (SSSR count). The minimum absolute atomic E-state index is 0.0626. The van der Waals surface area contributed by atoms with E-state index in [1.165, 1.54) is 19.1 Å². The summed E-state index contributed by atoms with van der Waals surface area (Å²) < 4.78 is 16.6. The Balaban J connectivity index is 1.85. The predicted molar refractivity (Wildman–Crippen MR) is 153 cm³/mol. The van der Waals surface area contributed by atoms with E-state index in [0.717, 1.165) is 16.7 Å². The molecule has 0 aromatic heterocycles. The Morgan fingerprint density at radius 1 is 0.756 bits per heavy atom. The van der Waals surface area contributed by atoms with Gasteiger partial charge in [0.15, 0.2) is 11.6 Å². The summed E-state index contributed by atoms with van der Waals surface area (Å²) in [5.74, 6) is -2.17. The fourth-order valence-corrected chi connectivity index (χ4v) is 5.87. The number of fused-ring (bicyclic) bond motifs is 1. The van der Waals surface area contributed by atoms with Crippen LogP contribution in [0.2, 0.25) is 0 Å². The number of hydrogen-bond donors (Lipinski definition) is 0. The first kappa shape index (κ1) is 27.6. The molecule has 208 valence electrons. The molecule has 1 aliphatic heterocycles. The molecular formula is C34H31NO6. The third kappa shape index (κ3) is 4.84. The molecule has 41 heavy (non-hydrogen) atoms. The standard InChI is InChI=1S/C34H31NO6/c1-23-13-12-16-25(21-23)29-27-19-10-11-20-28(27)30(31(36)39-2)35(33(38)41-22-24-14-6-4-7-15-24)34(29,32(37)40-3)26-17-8-5-9-18-26/h4-21,29-30H,22H2,1-3H3/t29-,30+,34+/m1/s1. The molecule has 7 nitrogen and oxygen atoms in total. The summed E-state index contributed by atoms with van der Waals surface area (Å²) in [5.41, 5.74) is 2.39. The molecule has 1 heterocycles. The molecule has 4 aromatic rings. The van der Waals surface area contributed by atoms with Crippen LogP contribution >= 0.6 is 0 Å². The number of rotatable bonds is 6. The van der Waals surface area contributed by atoms with E-state index < -0.39 is 35.5 Å². The van der Waals surface area contributed by atoms with Crippen molar-refractivity contribution in [1.82, 2.24) is 4.90 Å². The van der Waals surface area contributed by atoms with E-state index in [1.807, 2.05) is 79.7 Å². The molecule has 7 heteroatoms. The smallest absolute Gasteiger partial charge is 0.412 e. The van der Waals surface area contributed by atoms with Gasteiger partial charge in [-0.1, -0.05) is 115 Å². The first-order valence-electron chi connectivity index (χ1n) is 13.3. The van der Waals surface area contributed by atoms with E-state index in [9.17, 15) is 14.4 Å². The van der Waals surface area contributed by atoms with Crippen molar-refractivity contribution >= 4 is 18.0 Å². The van der Waals surface area contributed by atoms with Gasteiger partial charge in [0.1, 0.15) is 6.61 Å². The number of benzene rings is 4. The first-order valence-corrected chi connectivity index (χ1v) is 13.3. The van der Waals surface area contributed by atoms with Gasteiger partial charge in [-0.15, -0.1) is 0 Å². The van der Waals surface area contributed by atoms with Gasteiger partial charge in [-0.05, 0) is 34.7 Å². The van der Waals surface area contributed by atoms with Gasteiger partial charge < -0.3 is 14.2 Å². The molecule has 0 spiro atoms. The minimum atomic E-state index is -1.83. The van der Waals surface area contributed by atoms with Crippen LogP contribution in [-0.4, -0.2) is 37.2 Å². The summed E-state index contributed by atoms with van der Waals surface area (Å²) in [5, 5.41) is 0. The lowest BCUT2D eigenvalue weighted by Gasteiger charge is -2.52. The van der Waals surface area contributed by atoms with E-state index in [2.05, 4.69) is 0 Å². The number of carbonyl (C=O) groups excluding carboxylic acids is 3. The summed E-state index contributed by atoms with van der Waals surface area (Å²) >= 11 is 0. The van der Waals surface area contributed by atoms with E-state index in [-0.39, 0.29) is 6.61 Å². The lowest BCUT2D eigenvalue weighted by Crippen LogP contribution is -2.63. The highest BCUT2D eigenvalue weighted by Crippen LogP contribution is 2.55. The van der Waals surface area contributed by atoms with Gasteiger partial charge in [0.25, 0.3) is 0 Å². The van der Waals surface area contributed by atoms with E-state index in [1.54, 1.807) is 36.4 Å². The third-order valence-electron chi connectivity index (χ3n) is 7.57. The van der Waals surface area contributed by atoms with Gasteiger partial charge in [-0.25, -0.2) is 14.4 Å². The summed E-state index contributed by atoms with van der Waals surface area (Å²) in [6, 6.07) is 31.9. The Hall–Kier alpha value is -4.91. The highest BCUT2D eigenvalue weighted by Gasteiger charge is 2.63. The SMILES string of the molecule is COC(=O)[C@@H]1c2ccccc2[C@@H](c2cccc(C)c2)[C@](C(=O)OC)(c2ccccc2)N1C(=O)OCc1ccccc1. The van der Waals surface area contributed by atoms with Gasteiger partial charge in [0.05, 0.1) is 14.2 Å². The molecule has 0 unspecified atom stereocenters.